The Labute approximate surface area is 101 Å². The van der Waals surface area contributed by atoms with Crippen LogP contribution in [0, 0.1) is 16.0 Å². The molecule has 1 rings (SSSR count). The summed E-state index contributed by atoms with van der Waals surface area (Å²) >= 11 is 0. The van der Waals surface area contributed by atoms with Gasteiger partial charge in [-0.3, -0.25) is 10.1 Å². The summed E-state index contributed by atoms with van der Waals surface area (Å²) in [5, 5.41) is 13.6. The lowest BCUT2D eigenvalue weighted by Gasteiger charge is -2.10. The molecule has 92 valence electrons. The minimum atomic E-state index is -0.384. The average molecular weight is 234 g/mol. The summed E-state index contributed by atoms with van der Waals surface area (Å²) in [6.07, 6.45) is 2.07. The molecule has 0 bridgehead atoms. The molecule has 0 heterocycles. The quantitative estimate of drug-likeness (QED) is 0.629. The molecule has 1 aromatic rings. The van der Waals surface area contributed by atoms with Gasteiger partial charge in [0.25, 0.3) is 5.69 Å². The van der Waals surface area contributed by atoms with Gasteiger partial charge in [-0.1, -0.05) is 25.5 Å². The maximum Gasteiger partial charge on any atom is 0.269 e. The number of nitrogens with zero attached hydrogens (tertiary/aromatic N) is 1. The molecule has 0 radical (unpaired) electrons. The number of non-ortho nitro benzene ring substituents is 1. The van der Waals surface area contributed by atoms with E-state index in [9.17, 15) is 10.1 Å². The van der Waals surface area contributed by atoms with Crippen LogP contribution in [-0.2, 0) is 0 Å². The van der Waals surface area contributed by atoms with Gasteiger partial charge in [0.1, 0.15) is 0 Å². The van der Waals surface area contributed by atoms with Crippen molar-refractivity contribution in [2.45, 2.75) is 13.8 Å². The molecule has 1 aromatic carbocycles. The second kappa shape index (κ2) is 6.15. The highest BCUT2D eigenvalue weighted by Gasteiger charge is 2.05. The molecule has 0 saturated heterocycles. The Balaban J connectivity index is 2.92. The molecule has 0 spiro atoms. The third-order valence-electron chi connectivity index (χ3n) is 2.58. The molecule has 0 amide bonds. The van der Waals surface area contributed by atoms with E-state index in [1.54, 1.807) is 12.1 Å². The first-order chi connectivity index (χ1) is 8.04. The average Bonchev–Trinajstić information content (AvgIpc) is 2.29. The van der Waals surface area contributed by atoms with Crippen LogP contribution in [0.5, 0.6) is 0 Å². The molecule has 0 aliphatic rings. The predicted molar refractivity (Wildman–Crippen MR) is 69.8 cm³/mol. The summed E-state index contributed by atoms with van der Waals surface area (Å²) in [6.45, 7) is 5.10. The van der Waals surface area contributed by atoms with Crippen LogP contribution in [0.1, 0.15) is 19.4 Å². The minimum absolute atomic E-state index is 0.127. The van der Waals surface area contributed by atoms with E-state index < -0.39 is 0 Å². The fourth-order valence-corrected chi connectivity index (χ4v) is 1.53. The second-order valence-electron chi connectivity index (χ2n) is 4.25. The third-order valence-corrected chi connectivity index (χ3v) is 2.58. The van der Waals surface area contributed by atoms with E-state index in [0.29, 0.717) is 5.92 Å². The minimum Gasteiger partial charge on any atom is -0.316 e. The number of hydrogen-bond donors (Lipinski definition) is 1. The maximum absolute atomic E-state index is 10.5. The van der Waals surface area contributed by atoms with E-state index in [-0.39, 0.29) is 10.6 Å². The Morgan fingerprint density at radius 1 is 1.41 bits per heavy atom. The zero-order valence-electron chi connectivity index (χ0n) is 10.4. The zero-order valence-corrected chi connectivity index (χ0v) is 10.4. The number of nitrogens with one attached hydrogen (secondary N) is 1. The van der Waals surface area contributed by atoms with Gasteiger partial charge in [0.2, 0.25) is 0 Å². The van der Waals surface area contributed by atoms with Crippen molar-refractivity contribution in [1.82, 2.24) is 5.32 Å². The van der Waals surface area contributed by atoms with E-state index in [1.807, 2.05) is 7.05 Å². The van der Waals surface area contributed by atoms with Crippen LogP contribution >= 0.6 is 0 Å². The summed E-state index contributed by atoms with van der Waals surface area (Å²) in [7, 11) is 1.91. The first-order valence-corrected chi connectivity index (χ1v) is 5.64. The molecule has 0 aliphatic heterocycles. The number of likely N-dealkylation sites (N-methyl/N-ethyl adjacent to an activating group) is 1. The Hall–Kier alpha value is -1.68. The van der Waals surface area contributed by atoms with Gasteiger partial charge in [-0.2, -0.15) is 0 Å². The van der Waals surface area contributed by atoms with Gasteiger partial charge in [0, 0.05) is 18.7 Å². The molecule has 4 heteroatoms. The third kappa shape index (κ3) is 4.00. The molecular formula is C13H18N2O2. The second-order valence-corrected chi connectivity index (χ2v) is 4.25. The van der Waals surface area contributed by atoms with Gasteiger partial charge in [-0.25, -0.2) is 0 Å². The van der Waals surface area contributed by atoms with Crippen molar-refractivity contribution in [1.29, 1.82) is 0 Å². The van der Waals surface area contributed by atoms with Crippen LogP contribution in [-0.4, -0.2) is 18.5 Å². The van der Waals surface area contributed by atoms with Crippen LogP contribution in [0.25, 0.3) is 6.08 Å². The van der Waals surface area contributed by atoms with Gasteiger partial charge < -0.3 is 5.32 Å². The van der Waals surface area contributed by atoms with Gasteiger partial charge >= 0.3 is 0 Å². The van der Waals surface area contributed by atoms with E-state index in [4.69, 9.17) is 0 Å². The van der Waals surface area contributed by atoms with Crippen molar-refractivity contribution in [3.63, 3.8) is 0 Å². The van der Waals surface area contributed by atoms with Crippen molar-refractivity contribution in [2.24, 2.45) is 5.92 Å². The first-order valence-electron chi connectivity index (χ1n) is 5.64. The number of hydrogen-bond acceptors (Lipinski definition) is 3. The first kappa shape index (κ1) is 13.4. The standard InChI is InChI=1S/C13H18N2O2/c1-10(2)12(9-14-3)8-11-4-6-13(7-5-11)15(16)17/h4-8,10,14H,9H2,1-3H3. The van der Waals surface area contributed by atoms with Gasteiger partial charge in [0.15, 0.2) is 0 Å². The predicted octanol–water partition coefficient (Wildman–Crippen LogP) is 2.85. The fourth-order valence-electron chi connectivity index (χ4n) is 1.53. The summed E-state index contributed by atoms with van der Waals surface area (Å²) in [4.78, 5) is 10.1. The van der Waals surface area contributed by atoms with Crippen molar-refractivity contribution in [3.8, 4) is 0 Å². The Kier molecular flexibility index (Phi) is 4.84. The van der Waals surface area contributed by atoms with Crippen LogP contribution in [0.3, 0.4) is 0 Å². The van der Waals surface area contributed by atoms with Crippen molar-refractivity contribution in [3.05, 3.63) is 45.5 Å². The monoisotopic (exact) mass is 234 g/mol. The normalized spacial score (nSPS) is 11.9. The maximum atomic E-state index is 10.5. The SMILES string of the molecule is CNCC(=Cc1ccc([N+](=O)[O-])cc1)C(C)C. The highest BCUT2D eigenvalue weighted by molar-refractivity contribution is 5.55. The van der Waals surface area contributed by atoms with Crippen LogP contribution in [0.4, 0.5) is 5.69 Å². The van der Waals surface area contributed by atoms with Crippen LogP contribution in [0.15, 0.2) is 29.8 Å². The topological polar surface area (TPSA) is 55.2 Å². The molecular weight excluding hydrogens is 216 g/mol. The number of nitro groups is 1. The largest absolute Gasteiger partial charge is 0.316 e. The Morgan fingerprint density at radius 2 is 2.00 bits per heavy atom. The Bertz CT molecular complexity index is 408. The summed E-state index contributed by atoms with van der Waals surface area (Å²) in [6, 6.07) is 6.61. The number of nitro benzene ring substituents is 1. The van der Waals surface area contributed by atoms with E-state index in [2.05, 4.69) is 25.2 Å². The zero-order chi connectivity index (χ0) is 12.8. The van der Waals surface area contributed by atoms with E-state index >= 15 is 0 Å². The molecule has 0 aromatic heterocycles. The summed E-state index contributed by atoms with van der Waals surface area (Å²) < 4.78 is 0. The molecule has 0 unspecified atom stereocenters. The van der Waals surface area contributed by atoms with Crippen molar-refractivity contribution in [2.75, 3.05) is 13.6 Å². The Morgan fingerprint density at radius 3 is 2.41 bits per heavy atom. The lowest BCUT2D eigenvalue weighted by atomic mass is 10.0. The highest BCUT2D eigenvalue weighted by Crippen LogP contribution is 2.17. The smallest absolute Gasteiger partial charge is 0.269 e. The molecule has 0 fully saturated rings. The summed E-state index contributed by atoms with van der Waals surface area (Å²) in [5.74, 6) is 0.456. The highest BCUT2D eigenvalue weighted by atomic mass is 16.6. The molecule has 4 nitrogen and oxygen atoms in total. The van der Waals surface area contributed by atoms with Crippen molar-refractivity contribution < 1.29 is 4.92 Å². The van der Waals surface area contributed by atoms with Gasteiger partial charge in [-0.15, -0.1) is 0 Å². The van der Waals surface area contributed by atoms with Gasteiger partial charge in [-0.05, 0) is 30.7 Å². The van der Waals surface area contributed by atoms with Crippen LogP contribution < -0.4 is 5.32 Å². The van der Waals surface area contributed by atoms with Crippen molar-refractivity contribution >= 4 is 11.8 Å². The van der Waals surface area contributed by atoms with E-state index in [1.165, 1.54) is 17.7 Å². The number of rotatable bonds is 5. The molecule has 0 atom stereocenters. The summed E-state index contributed by atoms with van der Waals surface area (Å²) in [5.41, 5.74) is 2.40. The van der Waals surface area contributed by atoms with Gasteiger partial charge in [0.05, 0.1) is 4.92 Å². The van der Waals surface area contributed by atoms with Crippen LogP contribution in [0.2, 0.25) is 0 Å². The lowest BCUT2D eigenvalue weighted by Crippen LogP contribution is -2.13. The molecule has 1 N–H and O–H groups in total. The number of benzene rings is 1. The van der Waals surface area contributed by atoms with E-state index in [0.717, 1.165) is 12.1 Å². The molecule has 0 aliphatic carbocycles. The fraction of sp³-hybridized carbons (Fsp3) is 0.385. The lowest BCUT2D eigenvalue weighted by molar-refractivity contribution is -0.384. The molecule has 0 saturated carbocycles. The molecule has 17 heavy (non-hydrogen) atoms.